The average Bonchev–Trinajstić information content (AvgIpc) is 3.30. The zero-order chi connectivity index (χ0) is 21.4. The molecule has 5 aromatic rings. The molecule has 0 saturated carbocycles. The zero-order valence-electron chi connectivity index (χ0n) is 17.5. The van der Waals surface area contributed by atoms with Crippen LogP contribution >= 0.6 is 0 Å². The molecule has 2 aromatic carbocycles. The fraction of sp³-hybridized carbons (Fsp3) is 0.115. The van der Waals surface area contributed by atoms with E-state index in [0.717, 1.165) is 27.8 Å². The van der Waals surface area contributed by atoms with Crippen LogP contribution in [-0.4, -0.2) is 19.7 Å². The van der Waals surface area contributed by atoms with Crippen LogP contribution in [0, 0.1) is 18.1 Å². The molecule has 0 amide bonds. The Morgan fingerprint density at radius 1 is 0.938 bits per heavy atom. The van der Waals surface area contributed by atoms with E-state index in [1.54, 1.807) is 12.1 Å². The first-order chi connectivity index (χ1) is 15.0. The van der Waals surface area contributed by atoms with Crippen LogP contribution in [0.5, 0.6) is 0 Å². The molecule has 0 aliphatic heterocycles. The van der Waals surface area contributed by atoms with Crippen LogP contribution in [-0.2, 0) is 26.5 Å². The topological polar surface area (TPSA) is 43.6 Å². The van der Waals surface area contributed by atoms with Gasteiger partial charge in [-0.2, -0.15) is 17.2 Å². The van der Waals surface area contributed by atoms with Crippen molar-refractivity contribution >= 4 is 10.8 Å². The minimum absolute atomic E-state index is 0. The molecule has 32 heavy (non-hydrogen) atoms. The van der Waals surface area contributed by atoms with Crippen LogP contribution < -0.4 is 0 Å². The van der Waals surface area contributed by atoms with Crippen LogP contribution in [0.2, 0.25) is 0 Å². The molecule has 0 N–H and O–H groups in total. The van der Waals surface area contributed by atoms with Crippen molar-refractivity contribution in [3.8, 4) is 16.9 Å². The average molecular weight is 602 g/mol. The number of nitrogens with zero attached hydrogens (tertiary/aromatic N) is 4. The van der Waals surface area contributed by atoms with E-state index in [9.17, 15) is 4.39 Å². The van der Waals surface area contributed by atoms with Gasteiger partial charge in [-0.1, -0.05) is 42.1 Å². The first-order valence-corrected chi connectivity index (χ1v) is 9.99. The quantitative estimate of drug-likeness (QED) is 0.201. The summed E-state index contributed by atoms with van der Waals surface area (Å²) in [5, 5.41) is 7.08. The van der Waals surface area contributed by atoms with E-state index in [-0.39, 0.29) is 26.6 Å². The molecule has 0 bridgehead atoms. The summed E-state index contributed by atoms with van der Waals surface area (Å²) in [5.41, 5.74) is 2.78. The summed E-state index contributed by atoms with van der Waals surface area (Å²) in [4.78, 5) is 8.41. The fourth-order valence-corrected chi connectivity index (χ4v) is 3.62. The van der Waals surface area contributed by atoms with Crippen molar-refractivity contribution in [2.45, 2.75) is 19.3 Å². The summed E-state index contributed by atoms with van der Waals surface area (Å²) in [6.45, 7) is 4.11. The molecule has 160 valence electrons. The number of pyridine rings is 2. The summed E-state index contributed by atoms with van der Waals surface area (Å²) in [5.74, 6) is -0.582. The van der Waals surface area contributed by atoms with Gasteiger partial charge in [-0.05, 0) is 37.4 Å². The molecule has 0 fully saturated rings. The second-order valence-corrected chi connectivity index (χ2v) is 7.88. The number of hydrogen-bond donors (Lipinski definition) is 0. The Bertz CT molecular complexity index is 1390. The van der Waals surface area contributed by atoms with Gasteiger partial charge < -0.3 is 9.97 Å². The smallest absolute Gasteiger partial charge is 0.326 e. The van der Waals surface area contributed by atoms with Crippen LogP contribution in [0.4, 0.5) is 4.39 Å². The SMILES string of the molecule is CC(C)(c1cccc(-c2[c-]ccnc2F)n1)c1ccn(-c2[c-]cc3ccccc3c2)n1.[Pt+2]. The molecule has 0 radical (unpaired) electrons. The predicted molar refractivity (Wildman–Crippen MR) is 118 cm³/mol. The third kappa shape index (κ3) is 4.01. The van der Waals surface area contributed by atoms with Crippen molar-refractivity contribution in [3.05, 3.63) is 109 Å². The van der Waals surface area contributed by atoms with Crippen molar-refractivity contribution in [2.75, 3.05) is 0 Å². The fourth-order valence-electron chi connectivity index (χ4n) is 3.62. The van der Waals surface area contributed by atoms with Crippen molar-refractivity contribution < 1.29 is 25.5 Å². The maximum Gasteiger partial charge on any atom is 2.00 e. The molecule has 0 spiro atoms. The van der Waals surface area contributed by atoms with Gasteiger partial charge >= 0.3 is 21.1 Å². The molecule has 3 aromatic heterocycles. The zero-order valence-corrected chi connectivity index (χ0v) is 19.8. The monoisotopic (exact) mass is 601 g/mol. The Morgan fingerprint density at radius 3 is 2.56 bits per heavy atom. The van der Waals surface area contributed by atoms with Crippen LogP contribution in [0.25, 0.3) is 27.7 Å². The Morgan fingerprint density at radius 2 is 1.75 bits per heavy atom. The van der Waals surface area contributed by atoms with Gasteiger partial charge in [-0.3, -0.25) is 4.68 Å². The molecule has 4 nitrogen and oxygen atoms in total. The van der Waals surface area contributed by atoms with E-state index in [0.29, 0.717) is 5.69 Å². The van der Waals surface area contributed by atoms with E-state index in [4.69, 9.17) is 10.1 Å². The molecule has 0 saturated heterocycles. The normalized spacial score (nSPS) is 11.3. The second-order valence-electron chi connectivity index (χ2n) is 7.88. The Kier molecular flexibility index (Phi) is 6.03. The van der Waals surface area contributed by atoms with Crippen molar-refractivity contribution in [1.29, 1.82) is 0 Å². The van der Waals surface area contributed by atoms with Gasteiger partial charge in [0.25, 0.3) is 0 Å². The van der Waals surface area contributed by atoms with Gasteiger partial charge in [0.2, 0.25) is 0 Å². The van der Waals surface area contributed by atoms with E-state index in [1.165, 1.54) is 6.20 Å². The molecular formula is C26H19FN4Pt. The summed E-state index contributed by atoms with van der Waals surface area (Å²) >= 11 is 0. The third-order valence-corrected chi connectivity index (χ3v) is 5.48. The number of rotatable bonds is 4. The number of fused-ring (bicyclic) bond motifs is 1. The maximum atomic E-state index is 14.1. The van der Waals surface area contributed by atoms with Gasteiger partial charge in [0.05, 0.1) is 11.1 Å². The van der Waals surface area contributed by atoms with Crippen LogP contribution in [0.3, 0.4) is 0 Å². The third-order valence-electron chi connectivity index (χ3n) is 5.48. The minimum Gasteiger partial charge on any atom is -0.326 e. The maximum absolute atomic E-state index is 14.1. The van der Waals surface area contributed by atoms with Gasteiger partial charge in [0.1, 0.15) is 5.95 Å². The van der Waals surface area contributed by atoms with Gasteiger partial charge in [0.15, 0.2) is 0 Å². The van der Waals surface area contributed by atoms with Crippen molar-refractivity contribution in [2.24, 2.45) is 0 Å². The van der Waals surface area contributed by atoms with Gasteiger partial charge in [0, 0.05) is 11.9 Å². The molecule has 0 aliphatic carbocycles. The summed E-state index contributed by atoms with van der Waals surface area (Å²) in [7, 11) is 0. The molecule has 6 heteroatoms. The van der Waals surface area contributed by atoms with E-state index < -0.39 is 11.4 Å². The Hall–Kier alpha value is -3.17. The van der Waals surface area contributed by atoms with Crippen LogP contribution in [0.15, 0.2) is 79.1 Å². The molecular weight excluding hydrogens is 582 g/mol. The largest absolute Gasteiger partial charge is 2.00 e. The number of aromatic nitrogens is 4. The molecule has 0 atom stereocenters. The van der Waals surface area contributed by atoms with Crippen molar-refractivity contribution in [1.82, 2.24) is 19.7 Å². The standard InChI is InChI=1S/C26H19FN4.Pt/c1-26(2,23-11-5-10-22(29-23)21-9-6-15-28-25(21)27)24-14-16-31(30-24)20-13-12-18-7-3-4-8-19(18)17-20;/h3-8,10-12,14-17H,1-2H3;/q-2;+2. The number of halogens is 1. The molecule has 5 rings (SSSR count). The molecule has 3 heterocycles. The first kappa shape index (κ1) is 22.0. The second kappa shape index (κ2) is 8.76. The Labute approximate surface area is 200 Å². The van der Waals surface area contributed by atoms with E-state index in [1.807, 2.05) is 47.3 Å². The van der Waals surface area contributed by atoms with Gasteiger partial charge in [-0.15, -0.1) is 35.0 Å². The Balaban J connectivity index is 0.00000245. The van der Waals surface area contributed by atoms with Gasteiger partial charge in [-0.25, -0.2) is 4.39 Å². The first-order valence-electron chi connectivity index (χ1n) is 9.99. The number of hydrogen-bond acceptors (Lipinski definition) is 3. The van der Waals surface area contributed by atoms with Crippen molar-refractivity contribution in [3.63, 3.8) is 0 Å². The summed E-state index contributed by atoms with van der Waals surface area (Å²) < 4.78 is 15.9. The van der Waals surface area contributed by atoms with E-state index >= 15 is 0 Å². The summed E-state index contributed by atoms with van der Waals surface area (Å²) in [6.07, 6.45) is 3.30. The summed E-state index contributed by atoms with van der Waals surface area (Å²) in [6, 6.07) is 27.5. The minimum atomic E-state index is -0.582. The van der Waals surface area contributed by atoms with Crippen LogP contribution in [0.1, 0.15) is 25.2 Å². The number of benzene rings is 2. The van der Waals surface area contributed by atoms with E-state index in [2.05, 4.69) is 49.2 Å². The molecule has 0 aliphatic rings. The molecule has 0 unspecified atom stereocenters. The predicted octanol–water partition coefficient (Wildman–Crippen LogP) is 5.55.